The number of rotatable bonds is 14. The molecule has 0 radical (unpaired) electrons. The van der Waals surface area contributed by atoms with Crippen LogP contribution in [0.2, 0.25) is 0 Å². The molecule has 0 saturated carbocycles. The summed E-state index contributed by atoms with van der Waals surface area (Å²) in [6.07, 6.45) is 1.74. The number of anilines is 1. The number of nitrogens with one attached hydrogen (secondary N) is 1. The first-order chi connectivity index (χ1) is 19.6. The lowest BCUT2D eigenvalue weighted by Gasteiger charge is -2.32. The molecule has 0 heterocycles. The van der Waals surface area contributed by atoms with Gasteiger partial charge in [0.05, 0.1) is 17.2 Å². The Hall–Kier alpha value is -3.37. The average Bonchev–Trinajstić information content (AvgIpc) is 2.96. The molecule has 3 rings (SSSR count). The van der Waals surface area contributed by atoms with Crippen LogP contribution in [0.5, 0.6) is 5.75 Å². The molecule has 0 spiro atoms. The summed E-state index contributed by atoms with van der Waals surface area (Å²) in [7, 11) is -4.15. The maximum atomic E-state index is 14.0. The smallest absolute Gasteiger partial charge is 0.264 e. The van der Waals surface area contributed by atoms with E-state index in [-0.39, 0.29) is 17.3 Å². The van der Waals surface area contributed by atoms with Crippen LogP contribution in [-0.2, 0) is 26.2 Å². The number of benzene rings is 3. The topological polar surface area (TPSA) is 96.0 Å². The number of ether oxygens (including phenoxy) is 1. The van der Waals surface area contributed by atoms with E-state index in [0.717, 1.165) is 32.7 Å². The minimum Gasteiger partial charge on any atom is -0.494 e. The second-order valence-corrected chi connectivity index (χ2v) is 12.5. The van der Waals surface area contributed by atoms with Gasteiger partial charge in [-0.25, -0.2) is 8.42 Å². The molecule has 0 aliphatic rings. The maximum Gasteiger partial charge on any atom is 0.264 e. The van der Waals surface area contributed by atoms with Gasteiger partial charge in [-0.1, -0.05) is 59.1 Å². The fraction of sp³-hybridized carbons (Fsp3) is 0.355. The van der Waals surface area contributed by atoms with Crippen molar-refractivity contribution in [3.05, 3.63) is 88.4 Å². The summed E-state index contributed by atoms with van der Waals surface area (Å²) in [4.78, 5) is 28.5. The summed E-state index contributed by atoms with van der Waals surface area (Å²) < 4.78 is 35.3. The Bertz CT molecular complexity index is 1400. The third-order valence-corrected chi connectivity index (χ3v) is 8.90. The van der Waals surface area contributed by atoms with Crippen LogP contribution in [0.3, 0.4) is 0 Å². The molecule has 220 valence electrons. The van der Waals surface area contributed by atoms with Crippen LogP contribution in [0.15, 0.2) is 82.2 Å². The van der Waals surface area contributed by atoms with Crippen molar-refractivity contribution in [2.75, 3.05) is 24.0 Å². The van der Waals surface area contributed by atoms with E-state index >= 15 is 0 Å². The molecule has 8 nitrogen and oxygen atoms in total. The van der Waals surface area contributed by atoms with E-state index in [1.165, 1.54) is 17.0 Å². The standard InChI is InChI=1S/C31H38BrN3O5S/c1-5-7-20-33-31(37)24(4)34(21-25-10-12-26(32)13-11-25)30(36)22-35(27-14-8-23(3)9-15-27)41(38,39)29-18-16-28(17-19-29)40-6-2/h8-19,24H,5-7,20-22H2,1-4H3,(H,33,37)/t24-/m1/s1. The van der Waals surface area contributed by atoms with Crippen LogP contribution in [0, 0.1) is 6.92 Å². The second-order valence-electron chi connectivity index (χ2n) is 9.72. The van der Waals surface area contributed by atoms with Gasteiger partial charge in [0.15, 0.2) is 0 Å². The predicted octanol–water partition coefficient (Wildman–Crippen LogP) is 5.69. The Balaban J connectivity index is 1.98. The summed E-state index contributed by atoms with van der Waals surface area (Å²) in [6.45, 7) is 8.05. The summed E-state index contributed by atoms with van der Waals surface area (Å²) in [5.74, 6) is -0.241. The minimum atomic E-state index is -4.15. The Morgan fingerprint density at radius 3 is 2.17 bits per heavy atom. The van der Waals surface area contributed by atoms with Crippen LogP contribution in [0.25, 0.3) is 0 Å². The molecule has 0 aliphatic heterocycles. The van der Waals surface area contributed by atoms with Gasteiger partial charge in [0.2, 0.25) is 11.8 Å². The zero-order valence-electron chi connectivity index (χ0n) is 24.0. The van der Waals surface area contributed by atoms with Crippen LogP contribution in [0.4, 0.5) is 5.69 Å². The maximum absolute atomic E-state index is 14.0. The molecule has 0 bridgehead atoms. The summed E-state index contributed by atoms with van der Waals surface area (Å²) >= 11 is 3.42. The lowest BCUT2D eigenvalue weighted by Crippen LogP contribution is -2.51. The number of unbranched alkanes of at least 4 members (excludes halogenated alkanes) is 1. The summed E-state index contributed by atoms with van der Waals surface area (Å²) in [6, 6.07) is 19.7. The Morgan fingerprint density at radius 2 is 1.59 bits per heavy atom. The normalized spacial score (nSPS) is 11.9. The van der Waals surface area contributed by atoms with Crippen molar-refractivity contribution in [1.82, 2.24) is 10.2 Å². The van der Waals surface area contributed by atoms with Crippen LogP contribution in [-0.4, -0.2) is 50.9 Å². The van der Waals surface area contributed by atoms with Crippen LogP contribution < -0.4 is 14.4 Å². The highest BCUT2D eigenvalue weighted by molar-refractivity contribution is 9.10. The number of nitrogens with zero attached hydrogens (tertiary/aromatic N) is 2. The molecule has 2 amide bonds. The molecule has 3 aromatic carbocycles. The van der Waals surface area contributed by atoms with Crippen molar-refractivity contribution in [1.29, 1.82) is 0 Å². The first-order valence-electron chi connectivity index (χ1n) is 13.7. The SMILES string of the molecule is CCCCNC(=O)[C@@H](C)N(Cc1ccc(Br)cc1)C(=O)CN(c1ccc(C)cc1)S(=O)(=O)c1ccc(OCC)cc1. The molecule has 3 aromatic rings. The van der Waals surface area contributed by atoms with Gasteiger partial charge in [0.1, 0.15) is 18.3 Å². The van der Waals surface area contributed by atoms with E-state index in [0.29, 0.717) is 24.6 Å². The molecular weight excluding hydrogens is 606 g/mol. The first-order valence-corrected chi connectivity index (χ1v) is 15.9. The largest absolute Gasteiger partial charge is 0.494 e. The fourth-order valence-electron chi connectivity index (χ4n) is 4.15. The number of halogens is 1. The van der Waals surface area contributed by atoms with E-state index in [2.05, 4.69) is 21.2 Å². The number of hydrogen-bond acceptors (Lipinski definition) is 5. The summed E-state index contributed by atoms with van der Waals surface area (Å²) in [5, 5.41) is 2.89. The van der Waals surface area contributed by atoms with Gasteiger partial charge in [0.25, 0.3) is 10.0 Å². The van der Waals surface area contributed by atoms with Gasteiger partial charge in [0, 0.05) is 17.6 Å². The van der Waals surface area contributed by atoms with E-state index in [9.17, 15) is 18.0 Å². The van der Waals surface area contributed by atoms with Crippen LogP contribution in [0.1, 0.15) is 44.7 Å². The van der Waals surface area contributed by atoms with Gasteiger partial charge in [-0.05, 0) is 81.3 Å². The van der Waals surface area contributed by atoms with E-state index in [1.807, 2.05) is 45.0 Å². The fourth-order valence-corrected chi connectivity index (χ4v) is 5.83. The highest BCUT2D eigenvalue weighted by Gasteiger charge is 2.32. The number of carbonyl (C=O) groups is 2. The molecule has 0 aliphatic carbocycles. The molecule has 0 saturated heterocycles. The quantitative estimate of drug-likeness (QED) is 0.228. The van der Waals surface area contributed by atoms with Crippen molar-refractivity contribution < 1.29 is 22.7 Å². The van der Waals surface area contributed by atoms with Crippen molar-refractivity contribution in [2.45, 2.75) is 58.0 Å². The van der Waals surface area contributed by atoms with Gasteiger partial charge in [-0.3, -0.25) is 13.9 Å². The number of hydrogen-bond donors (Lipinski definition) is 1. The number of carbonyl (C=O) groups excluding carboxylic acids is 2. The second kappa shape index (κ2) is 15.0. The molecule has 0 fully saturated rings. The Kier molecular flexibility index (Phi) is 11.8. The van der Waals surface area contributed by atoms with Crippen molar-refractivity contribution >= 4 is 43.5 Å². The van der Waals surface area contributed by atoms with Gasteiger partial charge < -0.3 is 15.0 Å². The van der Waals surface area contributed by atoms with Crippen LogP contribution >= 0.6 is 15.9 Å². The molecular formula is C31H38BrN3O5S. The molecule has 0 unspecified atom stereocenters. The number of sulfonamides is 1. The molecule has 1 atom stereocenters. The number of amides is 2. The number of aryl methyl sites for hydroxylation is 1. The zero-order chi connectivity index (χ0) is 30.0. The average molecular weight is 645 g/mol. The third-order valence-electron chi connectivity index (χ3n) is 6.59. The highest BCUT2D eigenvalue weighted by atomic mass is 79.9. The zero-order valence-corrected chi connectivity index (χ0v) is 26.4. The first kappa shape index (κ1) is 32.1. The monoisotopic (exact) mass is 643 g/mol. The van der Waals surface area contributed by atoms with E-state index in [1.54, 1.807) is 43.3 Å². The molecule has 10 heteroatoms. The molecule has 1 N–H and O–H groups in total. The van der Waals surface area contributed by atoms with Gasteiger partial charge in [-0.15, -0.1) is 0 Å². The lowest BCUT2D eigenvalue weighted by atomic mass is 10.1. The third kappa shape index (κ3) is 8.81. The van der Waals surface area contributed by atoms with E-state index < -0.39 is 28.5 Å². The Morgan fingerprint density at radius 1 is 0.951 bits per heavy atom. The minimum absolute atomic E-state index is 0.0270. The van der Waals surface area contributed by atoms with Crippen molar-refractivity contribution in [2.24, 2.45) is 0 Å². The Labute approximate surface area is 251 Å². The van der Waals surface area contributed by atoms with E-state index in [4.69, 9.17) is 4.74 Å². The lowest BCUT2D eigenvalue weighted by molar-refractivity contribution is -0.139. The predicted molar refractivity (Wildman–Crippen MR) is 165 cm³/mol. The van der Waals surface area contributed by atoms with Crippen molar-refractivity contribution in [3.63, 3.8) is 0 Å². The highest BCUT2D eigenvalue weighted by Crippen LogP contribution is 2.26. The molecule has 41 heavy (non-hydrogen) atoms. The molecule has 0 aromatic heterocycles. The van der Waals surface area contributed by atoms with Crippen molar-refractivity contribution in [3.8, 4) is 5.75 Å². The van der Waals surface area contributed by atoms with Gasteiger partial charge >= 0.3 is 0 Å². The summed E-state index contributed by atoms with van der Waals surface area (Å²) in [5.41, 5.74) is 2.11. The van der Waals surface area contributed by atoms with Gasteiger partial charge in [-0.2, -0.15) is 0 Å².